The minimum Gasteiger partial charge on any atom is -0.385 e. The van der Waals surface area contributed by atoms with Crippen LogP contribution in [-0.4, -0.2) is 38.5 Å². The van der Waals surface area contributed by atoms with E-state index in [0.29, 0.717) is 31.8 Å². The fourth-order valence-electron chi connectivity index (χ4n) is 2.12. The number of methoxy groups -OCH3 is 1. The van der Waals surface area contributed by atoms with E-state index in [2.05, 4.69) is 9.82 Å². The maximum atomic E-state index is 12.3. The normalized spacial score (nSPS) is 11.7. The third-order valence-electron chi connectivity index (χ3n) is 3.20. The molecular weight excluding hydrogens is 302 g/mol. The van der Waals surface area contributed by atoms with Gasteiger partial charge in [0.05, 0.1) is 12.2 Å². The van der Waals surface area contributed by atoms with Crippen molar-refractivity contribution in [2.24, 2.45) is 0 Å². The van der Waals surface area contributed by atoms with Crippen LogP contribution in [0.15, 0.2) is 41.4 Å². The molecule has 0 spiro atoms. The highest BCUT2D eigenvalue weighted by atomic mass is 32.2. The largest absolute Gasteiger partial charge is 0.385 e. The van der Waals surface area contributed by atoms with E-state index < -0.39 is 10.0 Å². The third-order valence-corrected chi connectivity index (χ3v) is 4.76. The fraction of sp³-hybridized carbons (Fsp3) is 0.400. The van der Waals surface area contributed by atoms with Crippen molar-refractivity contribution in [1.82, 2.24) is 14.5 Å². The summed E-state index contributed by atoms with van der Waals surface area (Å²) in [6, 6.07) is 9.79. The monoisotopic (exact) mass is 323 g/mol. The number of hydrogen-bond donors (Lipinski definition) is 1. The van der Waals surface area contributed by atoms with Crippen LogP contribution in [0.3, 0.4) is 0 Å². The molecular formula is C15H21N3O3S. The van der Waals surface area contributed by atoms with Crippen molar-refractivity contribution in [2.75, 3.05) is 20.3 Å². The number of ether oxygens (including phenoxy) is 1. The number of nitrogens with one attached hydrogen (secondary N) is 1. The van der Waals surface area contributed by atoms with Crippen LogP contribution >= 0.6 is 0 Å². The van der Waals surface area contributed by atoms with Crippen LogP contribution in [0, 0.1) is 6.92 Å². The Morgan fingerprint density at radius 2 is 2.00 bits per heavy atom. The minimum atomic E-state index is -3.53. The zero-order valence-electron chi connectivity index (χ0n) is 12.8. The lowest BCUT2D eigenvalue weighted by molar-refractivity contribution is 0.196. The van der Waals surface area contributed by atoms with Gasteiger partial charge in [0.15, 0.2) is 0 Å². The second-order valence-electron chi connectivity index (χ2n) is 5.01. The second kappa shape index (κ2) is 7.53. The number of sulfonamides is 1. The summed E-state index contributed by atoms with van der Waals surface area (Å²) < 4.78 is 33.7. The van der Waals surface area contributed by atoms with Crippen molar-refractivity contribution >= 4 is 10.0 Å². The maximum absolute atomic E-state index is 12.3. The van der Waals surface area contributed by atoms with Gasteiger partial charge in [0.25, 0.3) is 0 Å². The van der Waals surface area contributed by atoms with Crippen LogP contribution in [0.2, 0.25) is 0 Å². The number of hydrogen-bond acceptors (Lipinski definition) is 4. The summed E-state index contributed by atoms with van der Waals surface area (Å²) in [6.07, 6.45) is 2.20. The van der Waals surface area contributed by atoms with Crippen molar-refractivity contribution in [3.63, 3.8) is 0 Å². The van der Waals surface area contributed by atoms with Gasteiger partial charge in [-0.25, -0.2) is 13.1 Å². The lowest BCUT2D eigenvalue weighted by Gasteiger charge is -2.05. The standard InChI is InChI=1S/C15H21N3O3S/c1-13-15(22(19,20)16-9-6-10-21-2)12-18(17-13)11-14-7-4-3-5-8-14/h3-5,7-8,12,16H,6,9-11H2,1-2H3. The Kier molecular flexibility index (Phi) is 5.70. The van der Waals surface area contributed by atoms with Gasteiger partial charge in [-0.05, 0) is 18.9 Å². The van der Waals surface area contributed by atoms with Gasteiger partial charge in [0.1, 0.15) is 4.90 Å². The van der Waals surface area contributed by atoms with Gasteiger partial charge < -0.3 is 4.74 Å². The Bertz CT molecular complexity index is 696. The Labute approximate surface area is 131 Å². The average Bonchev–Trinajstić information content (AvgIpc) is 2.86. The maximum Gasteiger partial charge on any atom is 0.243 e. The summed E-state index contributed by atoms with van der Waals surface area (Å²) in [4.78, 5) is 0.223. The van der Waals surface area contributed by atoms with E-state index >= 15 is 0 Å². The Hall–Kier alpha value is -1.70. The van der Waals surface area contributed by atoms with Crippen LogP contribution in [0.1, 0.15) is 17.7 Å². The molecule has 6 nitrogen and oxygen atoms in total. The molecule has 120 valence electrons. The van der Waals surface area contributed by atoms with Crippen LogP contribution in [0.5, 0.6) is 0 Å². The van der Waals surface area contributed by atoms with Gasteiger partial charge in [-0.1, -0.05) is 30.3 Å². The predicted molar refractivity (Wildman–Crippen MR) is 84.2 cm³/mol. The first-order valence-electron chi connectivity index (χ1n) is 7.09. The number of nitrogens with zero attached hydrogens (tertiary/aromatic N) is 2. The molecule has 1 N–H and O–H groups in total. The summed E-state index contributed by atoms with van der Waals surface area (Å²) in [5.74, 6) is 0. The molecule has 2 rings (SSSR count). The minimum absolute atomic E-state index is 0.223. The zero-order valence-corrected chi connectivity index (χ0v) is 13.6. The van der Waals surface area contributed by atoms with Gasteiger partial charge >= 0.3 is 0 Å². The number of rotatable bonds is 8. The molecule has 0 unspecified atom stereocenters. The molecule has 1 aromatic heterocycles. The third kappa shape index (κ3) is 4.40. The number of aromatic nitrogens is 2. The van der Waals surface area contributed by atoms with E-state index in [1.165, 1.54) is 0 Å². The van der Waals surface area contributed by atoms with Crippen LogP contribution in [0.4, 0.5) is 0 Å². The number of aryl methyl sites for hydroxylation is 1. The van der Waals surface area contributed by atoms with Gasteiger partial charge in [-0.3, -0.25) is 4.68 Å². The molecule has 0 aliphatic rings. The molecule has 7 heteroatoms. The molecule has 0 radical (unpaired) electrons. The van der Waals surface area contributed by atoms with E-state index in [1.54, 1.807) is 24.9 Å². The van der Waals surface area contributed by atoms with Crippen molar-refractivity contribution in [1.29, 1.82) is 0 Å². The molecule has 0 saturated carbocycles. The average molecular weight is 323 g/mol. The fourth-order valence-corrected chi connectivity index (χ4v) is 3.37. The summed E-state index contributed by atoms with van der Waals surface area (Å²) >= 11 is 0. The van der Waals surface area contributed by atoms with E-state index in [0.717, 1.165) is 5.56 Å². The first kappa shape index (κ1) is 16.7. The summed E-state index contributed by atoms with van der Waals surface area (Å²) in [5, 5.41) is 4.29. The van der Waals surface area contributed by atoms with Crippen LogP contribution < -0.4 is 4.72 Å². The van der Waals surface area contributed by atoms with E-state index in [9.17, 15) is 8.42 Å². The Morgan fingerprint density at radius 3 is 2.68 bits per heavy atom. The zero-order chi connectivity index (χ0) is 16.0. The van der Waals surface area contributed by atoms with E-state index in [1.807, 2.05) is 30.3 Å². The summed E-state index contributed by atoms with van der Waals surface area (Å²) in [7, 11) is -1.94. The van der Waals surface area contributed by atoms with E-state index in [4.69, 9.17) is 4.74 Å². The van der Waals surface area contributed by atoms with Crippen molar-refractivity contribution in [2.45, 2.75) is 24.8 Å². The Morgan fingerprint density at radius 1 is 1.27 bits per heavy atom. The highest BCUT2D eigenvalue weighted by Crippen LogP contribution is 2.14. The molecule has 0 saturated heterocycles. The topological polar surface area (TPSA) is 73.2 Å². The second-order valence-corrected chi connectivity index (χ2v) is 6.74. The molecule has 2 aromatic rings. The van der Waals surface area contributed by atoms with Crippen molar-refractivity contribution in [3.8, 4) is 0 Å². The van der Waals surface area contributed by atoms with Crippen molar-refractivity contribution in [3.05, 3.63) is 47.8 Å². The Balaban J connectivity index is 2.08. The first-order chi connectivity index (χ1) is 10.5. The lowest BCUT2D eigenvalue weighted by atomic mass is 10.2. The summed E-state index contributed by atoms with van der Waals surface area (Å²) in [5.41, 5.74) is 1.57. The molecule has 0 bridgehead atoms. The molecule has 1 aromatic carbocycles. The smallest absolute Gasteiger partial charge is 0.243 e. The molecule has 22 heavy (non-hydrogen) atoms. The lowest BCUT2D eigenvalue weighted by Crippen LogP contribution is -2.25. The van der Waals surface area contributed by atoms with E-state index in [-0.39, 0.29) is 4.90 Å². The molecule has 0 amide bonds. The molecule has 0 aliphatic carbocycles. The highest BCUT2D eigenvalue weighted by molar-refractivity contribution is 7.89. The van der Waals surface area contributed by atoms with Gasteiger partial charge in [-0.15, -0.1) is 0 Å². The van der Waals surface area contributed by atoms with Crippen molar-refractivity contribution < 1.29 is 13.2 Å². The number of benzene rings is 1. The quantitative estimate of drug-likeness (QED) is 0.748. The SMILES string of the molecule is COCCCNS(=O)(=O)c1cn(Cc2ccccc2)nc1C. The highest BCUT2D eigenvalue weighted by Gasteiger charge is 2.19. The predicted octanol–water partition coefficient (Wildman–Crippen LogP) is 1.55. The van der Waals surface area contributed by atoms with Gasteiger partial charge in [0.2, 0.25) is 10.0 Å². The van der Waals surface area contributed by atoms with Gasteiger partial charge in [-0.2, -0.15) is 5.10 Å². The molecule has 0 aliphatic heterocycles. The molecule has 0 atom stereocenters. The molecule has 0 fully saturated rings. The van der Waals surface area contributed by atoms with Crippen LogP contribution in [-0.2, 0) is 21.3 Å². The van der Waals surface area contributed by atoms with Gasteiger partial charge in [0, 0.05) is 26.5 Å². The van der Waals surface area contributed by atoms with Crippen LogP contribution in [0.25, 0.3) is 0 Å². The summed E-state index contributed by atoms with van der Waals surface area (Å²) in [6.45, 7) is 3.11. The first-order valence-corrected chi connectivity index (χ1v) is 8.58. The molecule has 1 heterocycles.